The largest absolute Gasteiger partial charge is 0.481 e. The first-order valence-corrected chi connectivity index (χ1v) is 15.4. The number of nitrogens with zero attached hydrogens (tertiary/aromatic N) is 2. The third kappa shape index (κ3) is 10.1. The lowest BCUT2D eigenvalue weighted by Gasteiger charge is -2.40. The third-order valence-electron chi connectivity index (χ3n) is 9.09. The number of likely N-dealkylation sites (tertiary alicyclic amines) is 1. The summed E-state index contributed by atoms with van der Waals surface area (Å²) in [5.41, 5.74) is 0.961. The van der Waals surface area contributed by atoms with Crippen LogP contribution in [0.15, 0.2) is 30.3 Å². The number of carbonyl (C=O) groups excluding carboxylic acids is 2. The van der Waals surface area contributed by atoms with Gasteiger partial charge in [0.1, 0.15) is 6.61 Å². The molecule has 238 valence electrons. The molecular weight excluding hydrogens is 536 g/mol. The Bertz CT molecular complexity index is 972. The fourth-order valence-electron chi connectivity index (χ4n) is 6.25. The number of carboxylic acid groups (broad SMARTS) is 1. The monoisotopic (exact) mass is 590 g/mol. The van der Waals surface area contributed by atoms with Crippen molar-refractivity contribution in [1.82, 2.24) is 9.80 Å². The fraction of sp³-hybridized carbons (Fsp3) is 0.727. The second-order valence-electron chi connectivity index (χ2n) is 12.3. The fourth-order valence-corrected chi connectivity index (χ4v) is 6.25. The molecule has 1 saturated heterocycles. The van der Waals surface area contributed by atoms with Gasteiger partial charge in [-0.15, -0.1) is 0 Å². The first-order valence-electron chi connectivity index (χ1n) is 15.4. The molecule has 0 saturated carbocycles. The summed E-state index contributed by atoms with van der Waals surface area (Å²) < 4.78 is 17.2. The molecule has 1 amide bonds. The molecule has 0 aliphatic carbocycles. The predicted octanol–water partition coefficient (Wildman–Crippen LogP) is 4.87. The highest BCUT2D eigenvalue weighted by Crippen LogP contribution is 2.30. The van der Waals surface area contributed by atoms with Crippen LogP contribution in [0, 0.1) is 23.7 Å². The minimum Gasteiger partial charge on any atom is -0.481 e. The van der Waals surface area contributed by atoms with E-state index in [-0.39, 0.29) is 60.8 Å². The number of esters is 1. The van der Waals surface area contributed by atoms with Crippen molar-refractivity contribution in [2.24, 2.45) is 23.7 Å². The molecule has 1 aromatic rings. The van der Waals surface area contributed by atoms with E-state index < -0.39 is 18.0 Å². The number of hydrogen-bond acceptors (Lipinski definition) is 7. The number of amides is 1. The Labute approximate surface area is 252 Å². The maximum atomic E-state index is 13.7. The Hall–Kier alpha value is -2.49. The van der Waals surface area contributed by atoms with Gasteiger partial charge in [0, 0.05) is 39.8 Å². The number of hydrogen-bond donors (Lipinski definition) is 1. The molecule has 1 aliphatic rings. The van der Waals surface area contributed by atoms with E-state index in [1.54, 1.807) is 18.9 Å². The molecule has 0 spiro atoms. The van der Waals surface area contributed by atoms with Gasteiger partial charge in [0.15, 0.2) is 0 Å². The van der Waals surface area contributed by atoms with E-state index in [0.29, 0.717) is 25.9 Å². The van der Waals surface area contributed by atoms with Crippen molar-refractivity contribution in [3.05, 3.63) is 35.9 Å². The lowest BCUT2D eigenvalue weighted by atomic mass is 9.87. The number of carboxylic acids is 1. The second kappa shape index (κ2) is 17.6. The molecule has 9 heteroatoms. The molecular formula is C33H54N2O7. The summed E-state index contributed by atoms with van der Waals surface area (Å²) in [7, 11) is 5.21. The van der Waals surface area contributed by atoms with Crippen LogP contribution in [0.25, 0.3) is 0 Å². The van der Waals surface area contributed by atoms with Crippen molar-refractivity contribution in [2.45, 2.75) is 97.6 Å². The van der Waals surface area contributed by atoms with Crippen LogP contribution in [-0.4, -0.2) is 91.4 Å². The zero-order chi connectivity index (χ0) is 31.4. The first kappa shape index (κ1) is 35.7. The number of likely N-dealkylation sites (N-methyl/N-ethyl adjacent to an activating group) is 1. The van der Waals surface area contributed by atoms with Crippen molar-refractivity contribution < 1.29 is 33.7 Å². The van der Waals surface area contributed by atoms with E-state index in [1.807, 2.05) is 37.4 Å². The zero-order valence-corrected chi connectivity index (χ0v) is 27.0. The number of carbonyl (C=O) groups is 3. The number of methoxy groups -OCH3 is 2. The van der Waals surface area contributed by atoms with Crippen molar-refractivity contribution in [3.63, 3.8) is 0 Å². The standard InChI is InChI=1S/C33H54N2O7/c1-9-23(4)31(34(6)20-26(22(2)3)18-30(37)42-21-25-14-11-10-12-15-25)28(40-7)19-29(36)35-17-13-16-27(35)32(41-8)24(5)33(38)39/h10-12,14-15,22-24,26-28,31-32H,9,13,16-21H2,1-8H3,(H,38,39)/t23-,24+,26+,27-,28+,31-,32+/m0/s1. The maximum Gasteiger partial charge on any atom is 0.308 e. The van der Waals surface area contributed by atoms with Crippen LogP contribution in [0.4, 0.5) is 0 Å². The van der Waals surface area contributed by atoms with Gasteiger partial charge >= 0.3 is 11.9 Å². The average molecular weight is 591 g/mol. The SMILES string of the molecule is CC[C@H](C)[C@@H]([C@@H](CC(=O)N1CCC[C@H]1[C@H](OC)[C@@H](C)C(=O)O)OC)N(C)C[C@@H](CC(=O)OCc1ccccc1)C(C)C. The molecule has 9 nitrogen and oxygen atoms in total. The summed E-state index contributed by atoms with van der Waals surface area (Å²) in [6.45, 7) is 11.7. The van der Waals surface area contributed by atoms with Crippen molar-refractivity contribution >= 4 is 17.8 Å². The summed E-state index contributed by atoms with van der Waals surface area (Å²) in [6.07, 6.45) is 1.99. The van der Waals surface area contributed by atoms with Gasteiger partial charge in [-0.2, -0.15) is 0 Å². The number of ether oxygens (including phenoxy) is 3. The summed E-state index contributed by atoms with van der Waals surface area (Å²) in [5.74, 6) is -1.36. The Balaban J connectivity index is 2.13. The van der Waals surface area contributed by atoms with Crippen molar-refractivity contribution in [3.8, 4) is 0 Å². The van der Waals surface area contributed by atoms with Gasteiger partial charge in [0.2, 0.25) is 5.91 Å². The van der Waals surface area contributed by atoms with E-state index in [2.05, 4.69) is 32.6 Å². The van der Waals surface area contributed by atoms with Gasteiger partial charge in [0.25, 0.3) is 0 Å². The van der Waals surface area contributed by atoms with Crippen LogP contribution >= 0.6 is 0 Å². The Kier molecular flexibility index (Phi) is 14.9. The topological polar surface area (TPSA) is 106 Å². The quantitative estimate of drug-likeness (QED) is 0.242. The third-order valence-corrected chi connectivity index (χ3v) is 9.09. The van der Waals surface area contributed by atoms with Gasteiger partial charge in [-0.3, -0.25) is 14.4 Å². The smallest absolute Gasteiger partial charge is 0.308 e. The van der Waals surface area contributed by atoms with E-state index in [0.717, 1.165) is 18.4 Å². The molecule has 42 heavy (non-hydrogen) atoms. The minimum absolute atomic E-state index is 0.0457. The average Bonchev–Trinajstić information content (AvgIpc) is 3.45. The van der Waals surface area contributed by atoms with Crippen LogP contribution in [0.2, 0.25) is 0 Å². The molecule has 7 atom stereocenters. The van der Waals surface area contributed by atoms with Crippen LogP contribution in [0.5, 0.6) is 0 Å². The molecule has 0 bridgehead atoms. The highest BCUT2D eigenvalue weighted by atomic mass is 16.5. The summed E-state index contributed by atoms with van der Waals surface area (Å²) in [4.78, 5) is 42.2. The highest BCUT2D eigenvalue weighted by molar-refractivity contribution is 5.78. The minimum atomic E-state index is -0.932. The van der Waals surface area contributed by atoms with Gasteiger partial charge in [-0.25, -0.2) is 0 Å². The summed E-state index contributed by atoms with van der Waals surface area (Å²) in [6, 6.07) is 9.34. The molecule has 1 heterocycles. The molecule has 1 fully saturated rings. The van der Waals surface area contributed by atoms with E-state index >= 15 is 0 Å². The lowest BCUT2D eigenvalue weighted by Crippen LogP contribution is -2.52. The number of aliphatic carboxylic acids is 1. The summed E-state index contributed by atoms with van der Waals surface area (Å²) in [5, 5.41) is 9.58. The predicted molar refractivity (Wildman–Crippen MR) is 163 cm³/mol. The molecule has 1 aliphatic heterocycles. The van der Waals surface area contributed by atoms with Crippen molar-refractivity contribution in [2.75, 3.05) is 34.4 Å². The molecule has 1 aromatic carbocycles. The normalized spacial score (nSPS) is 19.8. The maximum absolute atomic E-state index is 13.7. The van der Waals surface area contributed by atoms with E-state index in [1.165, 1.54) is 7.11 Å². The van der Waals surface area contributed by atoms with Gasteiger partial charge < -0.3 is 29.1 Å². The van der Waals surface area contributed by atoms with Gasteiger partial charge in [0.05, 0.1) is 30.6 Å². The Morgan fingerprint density at radius 1 is 1.05 bits per heavy atom. The molecule has 2 rings (SSSR count). The van der Waals surface area contributed by atoms with Gasteiger partial charge in [-0.1, -0.05) is 64.4 Å². The second-order valence-corrected chi connectivity index (χ2v) is 12.3. The van der Waals surface area contributed by atoms with Crippen LogP contribution in [0.1, 0.15) is 72.3 Å². The molecule has 0 aromatic heterocycles. The Morgan fingerprint density at radius 3 is 2.26 bits per heavy atom. The molecule has 1 N–H and O–H groups in total. The van der Waals surface area contributed by atoms with E-state index in [4.69, 9.17) is 14.2 Å². The van der Waals surface area contributed by atoms with Crippen LogP contribution in [-0.2, 0) is 35.2 Å². The molecule has 0 radical (unpaired) electrons. The molecule has 0 unspecified atom stereocenters. The number of rotatable bonds is 18. The zero-order valence-electron chi connectivity index (χ0n) is 27.0. The first-order chi connectivity index (χ1) is 19.9. The van der Waals surface area contributed by atoms with Crippen LogP contribution in [0.3, 0.4) is 0 Å². The van der Waals surface area contributed by atoms with Crippen LogP contribution < -0.4 is 0 Å². The van der Waals surface area contributed by atoms with Crippen molar-refractivity contribution in [1.29, 1.82) is 0 Å². The highest BCUT2D eigenvalue weighted by Gasteiger charge is 2.41. The lowest BCUT2D eigenvalue weighted by molar-refractivity contribution is -0.151. The number of benzene rings is 1. The Morgan fingerprint density at radius 2 is 1.71 bits per heavy atom. The van der Waals surface area contributed by atoms with Gasteiger partial charge in [-0.05, 0) is 50.1 Å². The summed E-state index contributed by atoms with van der Waals surface area (Å²) >= 11 is 0. The van der Waals surface area contributed by atoms with E-state index in [9.17, 15) is 19.5 Å².